The summed E-state index contributed by atoms with van der Waals surface area (Å²) >= 11 is 11.7. The van der Waals surface area contributed by atoms with Gasteiger partial charge in [-0.05, 0) is 29.8 Å². The predicted octanol–water partition coefficient (Wildman–Crippen LogP) is 4.01. The number of halogens is 3. The molecule has 1 aromatic carbocycles. The highest BCUT2D eigenvalue weighted by atomic mass is 35.5. The fraction of sp³-hybridized carbons (Fsp3) is 0. The van der Waals surface area contributed by atoms with Crippen LogP contribution >= 0.6 is 23.2 Å². The van der Waals surface area contributed by atoms with E-state index in [0.717, 1.165) is 6.20 Å². The highest BCUT2D eigenvalue weighted by Crippen LogP contribution is 2.28. The lowest BCUT2D eigenvalue weighted by Crippen LogP contribution is -1.93. The van der Waals surface area contributed by atoms with Crippen LogP contribution in [0.15, 0.2) is 30.5 Å². The van der Waals surface area contributed by atoms with Crippen molar-refractivity contribution in [3.05, 3.63) is 52.0 Å². The Morgan fingerprint density at radius 2 is 1.76 bits per heavy atom. The Kier molecular flexibility index (Phi) is 3.41. The summed E-state index contributed by atoms with van der Waals surface area (Å²) < 4.78 is 13.1. The number of nitrogens with zero attached hydrogens (tertiary/aromatic N) is 1. The van der Waals surface area contributed by atoms with Crippen molar-refractivity contribution in [2.75, 3.05) is 0 Å². The van der Waals surface area contributed by atoms with Crippen molar-refractivity contribution >= 4 is 29.5 Å². The van der Waals surface area contributed by atoms with Crippen molar-refractivity contribution in [3.63, 3.8) is 0 Å². The monoisotopic (exact) mass is 269 g/mol. The Bertz CT molecular complexity index is 566. The SMILES string of the molecule is O=Cc1ncc(F)cc1-c1cc(Cl)cc(Cl)c1. The van der Waals surface area contributed by atoms with Crippen LogP contribution < -0.4 is 0 Å². The maximum atomic E-state index is 13.1. The Balaban J connectivity index is 2.66. The largest absolute Gasteiger partial charge is 0.296 e. The third-order valence-electron chi connectivity index (χ3n) is 2.17. The molecule has 0 saturated heterocycles. The number of aromatic nitrogens is 1. The number of carbonyl (C=O) groups is 1. The molecule has 86 valence electrons. The van der Waals surface area contributed by atoms with Crippen LogP contribution in [-0.4, -0.2) is 11.3 Å². The van der Waals surface area contributed by atoms with Crippen LogP contribution in [0.5, 0.6) is 0 Å². The first-order valence-corrected chi connectivity index (χ1v) is 5.43. The average Bonchev–Trinajstić information content (AvgIpc) is 2.27. The molecule has 1 aromatic heterocycles. The van der Waals surface area contributed by atoms with Crippen LogP contribution in [0, 0.1) is 5.82 Å². The van der Waals surface area contributed by atoms with E-state index in [1.807, 2.05) is 0 Å². The van der Waals surface area contributed by atoms with Gasteiger partial charge in [-0.2, -0.15) is 0 Å². The molecule has 17 heavy (non-hydrogen) atoms. The van der Waals surface area contributed by atoms with Gasteiger partial charge in [0.2, 0.25) is 0 Å². The van der Waals surface area contributed by atoms with Crippen molar-refractivity contribution < 1.29 is 9.18 Å². The molecule has 0 spiro atoms. The first kappa shape index (κ1) is 12.0. The van der Waals surface area contributed by atoms with Crippen molar-refractivity contribution in [2.24, 2.45) is 0 Å². The smallest absolute Gasteiger partial charge is 0.169 e. The fourth-order valence-corrected chi connectivity index (χ4v) is 2.01. The number of pyridine rings is 1. The molecule has 0 aliphatic rings. The minimum Gasteiger partial charge on any atom is -0.296 e. The average molecular weight is 270 g/mol. The van der Waals surface area contributed by atoms with Gasteiger partial charge < -0.3 is 0 Å². The summed E-state index contributed by atoms with van der Waals surface area (Å²) in [6, 6.07) is 5.96. The van der Waals surface area contributed by atoms with E-state index < -0.39 is 5.82 Å². The summed E-state index contributed by atoms with van der Waals surface area (Å²) in [4.78, 5) is 14.5. The van der Waals surface area contributed by atoms with Gasteiger partial charge in [-0.1, -0.05) is 23.2 Å². The second kappa shape index (κ2) is 4.82. The van der Waals surface area contributed by atoms with Gasteiger partial charge in [-0.15, -0.1) is 0 Å². The van der Waals surface area contributed by atoms with E-state index in [1.165, 1.54) is 6.07 Å². The molecule has 1 heterocycles. The topological polar surface area (TPSA) is 30.0 Å². The van der Waals surface area contributed by atoms with Crippen LogP contribution in [0.4, 0.5) is 4.39 Å². The molecule has 0 saturated carbocycles. The van der Waals surface area contributed by atoms with Crippen LogP contribution in [0.2, 0.25) is 10.0 Å². The molecule has 0 unspecified atom stereocenters. The van der Waals surface area contributed by atoms with Gasteiger partial charge in [0.05, 0.1) is 6.20 Å². The molecule has 0 aliphatic heterocycles. The number of rotatable bonds is 2. The molecule has 0 atom stereocenters. The van der Waals surface area contributed by atoms with Crippen LogP contribution in [0.1, 0.15) is 10.5 Å². The Hall–Kier alpha value is -1.45. The van der Waals surface area contributed by atoms with E-state index in [0.29, 0.717) is 27.5 Å². The molecule has 2 rings (SSSR count). The van der Waals surface area contributed by atoms with Crippen molar-refractivity contribution in [2.45, 2.75) is 0 Å². The second-order valence-corrected chi connectivity index (χ2v) is 4.24. The number of carbonyl (C=O) groups excluding carboxylic acids is 1. The Labute approximate surface area is 107 Å². The van der Waals surface area contributed by atoms with Gasteiger partial charge in [0.25, 0.3) is 0 Å². The first-order chi connectivity index (χ1) is 8.10. The second-order valence-electron chi connectivity index (χ2n) is 3.36. The van der Waals surface area contributed by atoms with Crippen LogP contribution in [0.25, 0.3) is 11.1 Å². The fourth-order valence-electron chi connectivity index (χ4n) is 1.48. The maximum absolute atomic E-state index is 13.1. The molecule has 0 aliphatic carbocycles. The van der Waals surface area contributed by atoms with E-state index in [9.17, 15) is 9.18 Å². The lowest BCUT2D eigenvalue weighted by molar-refractivity contribution is 0.111. The van der Waals surface area contributed by atoms with Gasteiger partial charge in [0, 0.05) is 15.6 Å². The summed E-state index contributed by atoms with van der Waals surface area (Å²) in [5.41, 5.74) is 1.06. The normalized spacial score (nSPS) is 10.3. The summed E-state index contributed by atoms with van der Waals surface area (Å²) in [7, 11) is 0. The third-order valence-corrected chi connectivity index (χ3v) is 2.61. The Morgan fingerprint density at radius 3 is 2.35 bits per heavy atom. The minimum atomic E-state index is -0.526. The van der Waals surface area contributed by atoms with E-state index >= 15 is 0 Å². The zero-order valence-electron chi connectivity index (χ0n) is 8.45. The number of hydrogen-bond donors (Lipinski definition) is 0. The zero-order valence-corrected chi connectivity index (χ0v) is 9.97. The minimum absolute atomic E-state index is 0.143. The van der Waals surface area contributed by atoms with Gasteiger partial charge >= 0.3 is 0 Å². The highest BCUT2D eigenvalue weighted by Gasteiger charge is 2.09. The maximum Gasteiger partial charge on any atom is 0.169 e. The third kappa shape index (κ3) is 2.62. The number of aldehydes is 1. The Morgan fingerprint density at radius 1 is 1.12 bits per heavy atom. The molecule has 2 aromatic rings. The van der Waals surface area contributed by atoms with Crippen molar-refractivity contribution in [3.8, 4) is 11.1 Å². The van der Waals surface area contributed by atoms with E-state index in [-0.39, 0.29) is 5.69 Å². The van der Waals surface area contributed by atoms with E-state index in [4.69, 9.17) is 23.2 Å². The van der Waals surface area contributed by atoms with Gasteiger partial charge in [-0.3, -0.25) is 4.79 Å². The summed E-state index contributed by atoms with van der Waals surface area (Å²) in [6.45, 7) is 0. The predicted molar refractivity (Wildman–Crippen MR) is 65.0 cm³/mol. The van der Waals surface area contributed by atoms with Gasteiger partial charge in [0.15, 0.2) is 6.29 Å². The first-order valence-electron chi connectivity index (χ1n) is 4.67. The molecule has 0 radical (unpaired) electrons. The van der Waals surface area contributed by atoms with Gasteiger partial charge in [0.1, 0.15) is 11.5 Å². The van der Waals surface area contributed by atoms with Gasteiger partial charge in [-0.25, -0.2) is 9.37 Å². The molecule has 0 bridgehead atoms. The molecular weight excluding hydrogens is 264 g/mol. The highest BCUT2D eigenvalue weighted by molar-refractivity contribution is 6.35. The number of benzene rings is 1. The quantitative estimate of drug-likeness (QED) is 0.772. The van der Waals surface area contributed by atoms with Crippen molar-refractivity contribution in [1.29, 1.82) is 0 Å². The van der Waals surface area contributed by atoms with Crippen LogP contribution in [0.3, 0.4) is 0 Å². The zero-order chi connectivity index (χ0) is 12.4. The lowest BCUT2D eigenvalue weighted by atomic mass is 10.0. The molecular formula is C12H6Cl2FNO. The van der Waals surface area contributed by atoms with E-state index in [2.05, 4.69) is 4.98 Å². The summed E-state index contributed by atoms with van der Waals surface area (Å²) in [6.07, 6.45) is 1.54. The molecule has 0 N–H and O–H groups in total. The standard InChI is InChI=1S/C12H6Cl2FNO/c13-8-1-7(2-9(14)3-8)11-4-10(15)5-16-12(11)6-17/h1-6H. The molecule has 5 heteroatoms. The van der Waals surface area contributed by atoms with Crippen LogP contribution in [-0.2, 0) is 0 Å². The number of hydrogen-bond acceptors (Lipinski definition) is 2. The molecule has 0 amide bonds. The lowest BCUT2D eigenvalue weighted by Gasteiger charge is -2.05. The molecule has 2 nitrogen and oxygen atoms in total. The summed E-state index contributed by atoms with van der Waals surface area (Å²) in [5.74, 6) is -0.526. The van der Waals surface area contributed by atoms with Crippen molar-refractivity contribution in [1.82, 2.24) is 4.98 Å². The molecule has 0 fully saturated rings. The van der Waals surface area contributed by atoms with E-state index in [1.54, 1.807) is 18.2 Å². The summed E-state index contributed by atoms with van der Waals surface area (Å²) in [5, 5.41) is 0.822.